The lowest BCUT2D eigenvalue weighted by Crippen LogP contribution is -2.64. The molecule has 26 heavy (non-hydrogen) atoms. The number of hydrogen-bond acceptors (Lipinski definition) is 3. The van der Waals surface area contributed by atoms with E-state index in [-0.39, 0.29) is 5.54 Å². The lowest BCUT2D eigenvalue weighted by atomic mass is 9.51. The second-order valence-corrected chi connectivity index (χ2v) is 10.5. The fourth-order valence-electron chi connectivity index (χ4n) is 6.00. The molecule has 0 saturated heterocycles. The van der Waals surface area contributed by atoms with E-state index in [0.29, 0.717) is 11.8 Å². The average Bonchev–Trinajstić information content (AvgIpc) is 2.99. The van der Waals surface area contributed by atoms with E-state index in [1.54, 1.807) is 0 Å². The smallest absolute Gasteiger partial charge is 0.135 e. The Hall–Kier alpha value is -0.620. The van der Waals surface area contributed by atoms with Crippen LogP contribution in [0.15, 0.2) is 43.7 Å². The summed E-state index contributed by atoms with van der Waals surface area (Å²) in [5.41, 5.74) is 0.737. The molecule has 0 aliphatic heterocycles. The number of hydrogen-bond donors (Lipinski definition) is 2. The second kappa shape index (κ2) is 6.20. The molecule has 0 spiro atoms. The van der Waals surface area contributed by atoms with Crippen molar-refractivity contribution in [2.75, 3.05) is 0 Å². The molecule has 5 heteroatoms. The van der Waals surface area contributed by atoms with Crippen molar-refractivity contribution >= 4 is 31.9 Å². The van der Waals surface area contributed by atoms with Gasteiger partial charge in [-0.1, -0.05) is 15.9 Å². The van der Waals surface area contributed by atoms with Gasteiger partial charge in [-0.05, 0) is 96.6 Å². The first-order valence-corrected chi connectivity index (χ1v) is 11.0. The average molecular weight is 481 g/mol. The number of aliphatic hydroxyl groups is 1. The van der Waals surface area contributed by atoms with Crippen LogP contribution in [0.3, 0.4) is 0 Å². The summed E-state index contributed by atoms with van der Waals surface area (Å²) >= 11 is 7.10. The maximum Gasteiger partial charge on any atom is 0.135 e. The molecule has 4 aliphatic rings. The van der Waals surface area contributed by atoms with Crippen LogP contribution in [0.2, 0.25) is 0 Å². The topological polar surface area (TPSA) is 45.4 Å². The van der Waals surface area contributed by atoms with Gasteiger partial charge in [0.05, 0.1) is 12.1 Å². The van der Waals surface area contributed by atoms with Gasteiger partial charge in [-0.3, -0.25) is 0 Å². The summed E-state index contributed by atoms with van der Waals surface area (Å²) in [6.45, 7) is 0.726. The van der Waals surface area contributed by atoms with Crippen LogP contribution in [0, 0.1) is 11.8 Å². The zero-order chi connectivity index (χ0) is 17.9. The first-order valence-electron chi connectivity index (χ1n) is 9.44. The fraction of sp³-hybridized carbons (Fsp3) is 0.524. The molecule has 1 aromatic carbocycles. The lowest BCUT2D eigenvalue weighted by molar-refractivity contribution is -0.143. The van der Waals surface area contributed by atoms with Crippen LogP contribution in [-0.4, -0.2) is 16.2 Å². The van der Waals surface area contributed by atoms with E-state index in [1.807, 2.05) is 18.2 Å². The Kier molecular flexibility index (Phi) is 4.16. The summed E-state index contributed by atoms with van der Waals surface area (Å²) in [6.07, 6.45) is 6.65. The first kappa shape index (κ1) is 17.5. The summed E-state index contributed by atoms with van der Waals surface area (Å²) in [7, 11) is 0. The summed E-state index contributed by atoms with van der Waals surface area (Å²) in [6, 6.07) is 10.2. The van der Waals surface area contributed by atoms with Gasteiger partial charge in [0, 0.05) is 20.0 Å². The molecular formula is C21H23Br2NO2. The van der Waals surface area contributed by atoms with E-state index < -0.39 is 5.60 Å². The van der Waals surface area contributed by atoms with Gasteiger partial charge < -0.3 is 14.8 Å². The quantitative estimate of drug-likeness (QED) is 0.594. The Bertz CT molecular complexity index is 832. The van der Waals surface area contributed by atoms with Gasteiger partial charge in [0.15, 0.2) is 0 Å². The minimum atomic E-state index is -0.423. The van der Waals surface area contributed by atoms with Crippen molar-refractivity contribution in [3.05, 3.63) is 45.0 Å². The van der Waals surface area contributed by atoms with Crippen LogP contribution in [-0.2, 0) is 6.54 Å². The largest absolute Gasteiger partial charge is 0.460 e. The van der Waals surface area contributed by atoms with Crippen LogP contribution in [0.5, 0.6) is 0 Å². The zero-order valence-corrected chi connectivity index (χ0v) is 17.8. The van der Waals surface area contributed by atoms with Crippen molar-refractivity contribution in [3.63, 3.8) is 0 Å². The molecule has 6 rings (SSSR count). The minimum absolute atomic E-state index is 0.101. The maximum atomic E-state index is 10.9. The third kappa shape index (κ3) is 3.11. The van der Waals surface area contributed by atoms with Crippen LogP contribution in [0.1, 0.15) is 44.3 Å². The zero-order valence-electron chi connectivity index (χ0n) is 14.6. The van der Waals surface area contributed by atoms with Gasteiger partial charge in [-0.15, -0.1) is 0 Å². The summed E-state index contributed by atoms with van der Waals surface area (Å²) in [5, 5.41) is 14.7. The van der Waals surface area contributed by atoms with Crippen LogP contribution < -0.4 is 5.32 Å². The molecule has 4 bridgehead atoms. The standard InChI is InChI=1S/C21H23Br2NO2/c22-15-1-3-17(18(23)6-15)19-4-2-16(26-19)11-24-20-7-13-5-14(8-20)10-21(25,9-13)12-20/h1-4,6,13-14,24-25H,5,7-12H2. The molecule has 4 fully saturated rings. The molecule has 2 aromatic rings. The normalized spacial score (nSPS) is 35.2. The molecule has 2 N–H and O–H groups in total. The predicted molar refractivity (Wildman–Crippen MR) is 109 cm³/mol. The molecule has 4 aliphatic carbocycles. The molecule has 2 atom stereocenters. The molecule has 2 unspecified atom stereocenters. The highest BCUT2D eigenvalue weighted by molar-refractivity contribution is 9.11. The molecule has 3 nitrogen and oxygen atoms in total. The fourth-order valence-corrected chi connectivity index (χ4v) is 7.25. The van der Waals surface area contributed by atoms with Crippen molar-refractivity contribution in [2.45, 2.75) is 56.2 Å². The highest BCUT2D eigenvalue weighted by Crippen LogP contribution is 2.57. The van der Waals surface area contributed by atoms with Crippen LogP contribution in [0.4, 0.5) is 0 Å². The van der Waals surface area contributed by atoms with E-state index in [2.05, 4.69) is 49.3 Å². The second-order valence-electron chi connectivity index (χ2n) is 8.71. The highest BCUT2D eigenvalue weighted by atomic mass is 79.9. The van der Waals surface area contributed by atoms with E-state index >= 15 is 0 Å². The summed E-state index contributed by atoms with van der Waals surface area (Å²) in [4.78, 5) is 0. The Labute approximate surface area is 170 Å². The monoisotopic (exact) mass is 479 g/mol. The lowest BCUT2D eigenvalue weighted by Gasteiger charge is -2.60. The number of nitrogens with one attached hydrogen (secondary N) is 1. The van der Waals surface area contributed by atoms with Crippen molar-refractivity contribution in [1.82, 2.24) is 5.32 Å². The van der Waals surface area contributed by atoms with Gasteiger partial charge in [0.25, 0.3) is 0 Å². The number of furan rings is 1. The van der Waals surface area contributed by atoms with Gasteiger partial charge in [0.2, 0.25) is 0 Å². The van der Waals surface area contributed by atoms with Crippen LogP contribution >= 0.6 is 31.9 Å². The summed E-state index contributed by atoms with van der Waals surface area (Å²) < 4.78 is 8.17. The van der Waals surface area contributed by atoms with E-state index in [0.717, 1.165) is 51.8 Å². The number of halogens is 2. The molecule has 1 heterocycles. The van der Waals surface area contributed by atoms with Gasteiger partial charge in [0.1, 0.15) is 11.5 Å². The third-order valence-corrected chi connectivity index (χ3v) is 7.68. The van der Waals surface area contributed by atoms with E-state index in [4.69, 9.17) is 4.42 Å². The molecule has 1 aromatic heterocycles. The molecule has 0 radical (unpaired) electrons. The number of rotatable bonds is 4. The Morgan fingerprint density at radius 1 is 1.08 bits per heavy atom. The van der Waals surface area contributed by atoms with Crippen molar-refractivity contribution in [1.29, 1.82) is 0 Å². The van der Waals surface area contributed by atoms with E-state index in [9.17, 15) is 5.11 Å². The number of benzene rings is 1. The van der Waals surface area contributed by atoms with Crippen LogP contribution in [0.25, 0.3) is 11.3 Å². The predicted octanol–water partition coefficient (Wildman–Crippen LogP) is 5.64. The van der Waals surface area contributed by atoms with Crippen molar-refractivity contribution in [2.24, 2.45) is 11.8 Å². The Balaban J connectivity index is 1.32. The van der Waals surface area contributed by atoms with E-state index in [1.165, 1.54) is 19.3 Å². The van der Waals surface area contributed by atoms with Crippen molar-refractivity contribution in [3.8, 4) is 11.3 Å². The summed E-state index contributed by atoms with van der Waals surface area (Å²) in [5.74, 6) is 3.22. The highest BCUT2D eigenvalue weighted by Gasteiger charge is 2.56. The van der Waals surface area contributed by atoms with Crippen molar-refractivity contribution < 1.29 is 9.52 Å². The third-order valence-electron chi connectivity index (χ3n) is 6.53. The Morgan fingerprint density at radius 2 is 1.85 bits per heavy atom. The first-order chi connectivity index (χ1) is 12.4. The van der Waals surface area contributed by atoms with Gasteiger partial charge in [-0.2, -0.15) is 0 Å². The molecular weight excluding hydrogens is 458 g/mol. The molecule has 0 amide bonds. The van der Waals surface area contributed by atoms with Gasteiger partial charge in [-0.25, -0.2) is 0 Å². The molecule has 138 valence electrons. The molecule has 4 saturated carbocycles. The Morgan fingerprint density at radius 3 is 2.54 bits per heavy atom. The SMILES string of the molecule is OC12CC3CC(C1)CC(NCc1ccc(-c4ccc(Br)cc4Br)o1)(C3)C2. The minimum Gasteiger partial charge on any atom is -0.460 e. The van der Waals surface area contributed by atoms with Gasteiger partial charge >= 0.3 is 0 Å². The maximum absolute atomic E-state index is 10.9.